The van der Waals surface area contributed by atoms with E-state index in [1.54, 1.807) is 6.07 Å². The quantitative estimate of drug-likeness (QED) is 0.654. The normalized spacial score (nSPS) is 13.6. The van der Waals surface area contributed by atoms with Gasteiger partial charge >= 0.3 is 5.63 Å². The Morgan fingerprint density at radius 3 is 2.80 bits per heavy atom. The molecule has 0 bridgehead atoms. The van der Waals surface area contributed by atoms with E-state index in [9.17, 15) is 4.79 Å². The predicted octanol–water partition coefficient (Wildman–Crippen LogP) is 4.33. The van der Waals surface area contributed by atoms with Crippen LogP contribution in [0.15, 0.2) is 45.6 Å². The lowest BCUT2D eigenvalue weighted by Gasteiger charge is -2.32. The average Bonchev–Trinajstić information content (AvgIpc) is 2.62. The average molecular weight is 335 g/mol. The number of nitrogens with zero attached hydrogens (tertiary/aromatic N) is 1. The molecule has 1 aromatic heterocycles. The minimum Gasteiger partial charge on any atom is -0.473 e. The number of hydrogen-bond acceptors (Lipinski definition) is 4. The maximum atomic E-state index is 12.0. The SMILES string of the molecule is CCc1cc(=O)oc2c3c(ccc12)OCN(c1cccc(C)c1C)C3. The molecule has 25 heavy (non-hydrogen) atoms. The lowest BCUT2D eigenvalue weighted by Crippen LogP contribution is -2.32. The van der Waals surface area contributed by atoms with Crippen LogP contribution in [0, 0.1) is 13.8 Å². The van der Waals surface area contributed by atoms with Crippen molar-refractivity contribution in [2.24, 2.45) is 0 Å². The minimum absolute atomic E-state index is 0.304. The number of fused-ring (bicyclic) bond motifs is 3. The van der Waals surface area contributed by atoms with Gasteiger partial charge in [-0.3, -0.25) is 0 Å². The van der Waals surface area contributed by atoms with Crippen LogP contribution < -0.4 is 15.3 Å². The number of rotatable bonds is 2. The Bertz CT molecular complexity index is 1020. The first kappa shape index (κ1) is 15.8. The van der Waals surface area contributed by atoms with Crippen LogP contribution in [-0.4, -0.2) is 6.73 Å². The summed E-state index contributed by atoms with van der Waals surface area (Å²) in [6, 6.07) is 11.8. The van der Waals surface area contributed by atoms with Gasteiger partial charge in [-0.05, 0) is 55.2 Å². The van der Waals surface area contributed by atoms with Gasteiger partial charge in [0.05, 0.1) is 12.1 Å². The van der Waals surface area contributed by atoms with E-state index in [1.807, 2.05) is 19.1 Å². The number of ether oxygens (including phenoxy) is 1. The van der Waals surface area contributed by atoms with Crippen molar-refractivity contribution in [1.29, 1.82) is 0 Å². The van der Waals surface area contributed by atoms with Gasteiger partial charge in [-0.15, -0.1) is 0 Å². The number of benzene rings is 2. The van der Waals surface area contributed by atoms with Crippen molar-refractivity contribution in [2.75, 3.05) is 11.6 Å². The second-order valence-corrected chi connectivity index (χ2v) is 6.55. The molecule has 0 N–H and O–H groups in total. The van der Waals surface area contributed by atoms with Gasteiger partial charge in [-0.1, -0.05) is 19.1 Å². The van der Waals surface area contributed by atoms with E-state index in [1.165, 1.54) is 11.1 Å². The highest BCUT2D eigenvalue weighted by atomic mass is 16.5. The van der Waals surface area contributed by atoms with Crippen molar-refractivity contribution in [3.05, 3.63) is 69.1 Å². The molecule has 2 aromatic carbocycles. The van der Waals surface area contributed by atoms with E-state index in [2.05, 4.69) is 36.9 Å². The van der Waals surface area contributed by atoms with Gasteiger partial charge in [0.25, 0.3) is 0 Å². The lowest BCUT2D eigenvalue weighted by molar-refractivity contribution is 0.289. The Balaban J connectivity index is 1.86. The molecule has 2 heterocycles. The lowest BCUT2D eigenvalue weighted by atomic mass is 10.0. The van der Waals surface area contributed by atoms with Crippen LogP contribution in [0.1, 0.15) is 29.2 Å². The Kier molecular flexibility index (Phi) is 3.75. The standard InChI is InChI=1S/C21H21NO3/c1-4-15-10-20(23)25-21-16(15)8-9-19-17(21)11-22(12-24-19)18-7-5-6-13(2)14(18)3/h5-10H,4,11-12H2,1-3H3. The Morgan fingerprint density at radius 1 is 1.16 bits per heavy atom. The first-order valence-electron chi connectivity index (χ1n) is 8.61. The molecule has 0 spiro atoms. The molecule has 4 nitrogen and oxygen atoms in total. The number of anilines is 1. The predicted molar refractivity (Wildman–Crippen MR) is 99.5 cm³/mol. The maximum Gasteiger partial charge on any atom is 0.336 e. The molecule has 0 radical (unpaired) electrons. The van der Waals surface area contributed by atoms with Gasteiger partial charge in [-0.25, -0.2) is 4.79 Å². The summed E-state index contributed by atoms with van der Waals surface area (Å²) in [7, 11) is 0. The van der Waals surface area contributed by atoms with Crippen molar-refractivity contribution in [3.8, 4) is 5.75 Å². The molecule has 4 rings (SSSR count). The third-order valence-electron chi connectivity index (χ3n) is 5.08. The molecule has 4 heteroatoms. The first-order chi connectivity index (χ1) is 12.1. The van der Waals surface area contributed by atoms with Crippen LogP contribution in [0.3, 0.4) is 0 Å². The second-order valence-electron chi connectivity index (χ2n) is 6.55. The summed E-state index contributed by atoms with van der Waals surface area (Å²) in [5, 5.41) is 0.993. The van der Waals surface area contributed by atoms with E-state index in [0.29, 0.717) is 18.9 Å². The molecule has 0 saturated heterocycles. The molecule has 1 aliphatic heterocycles. The zero-order valence-electron chi connectivity index (χ0n) is 14.8. The summed E-state index contributed by atoms with van der Waals surface area (Å²) < 4.78 is 11.5. The van der Waals surface area contributed by atoms with Crippen molar-refractivity contribution in [3.63, 3.8) is 0 Å². The second kappa shape index (κ2) is 5.96. The molecule has 0 unspecified atom stereocenters. The van der Waals surface area contributed by atoms with Crippen LogP contribution in [0.25, 0.3) is 11.0 Å². The molecule has 0 aliphatic carbocycles. The highest BCUT2D eigenvalue weighted by Crippen LogP contribution is 2.35. The minimum atomic E-state index is -0.304. The van der Waals surface area contributed by atoms with E-state index >= 15 is 0 Å². The van der Waals surface area contributed by atoms with E-state index in [0.717, 1.165) is 34.4 Å². The summed E-state index contributed by atoms with van der Waals surface area (Å²) in [6.07, 6.45) is 0.794. The summed E-state index contributed by atoms with van der Waals surface area (Å²) in [4.78, 5) is 14.2. The molecule has 3 aromatic rings. The highest BCUT2D eigenvalue weighted by molar-refractivity contribution is 5.85. The monoisotopic (exact) mass is 335 g/mol. The summed E-state index contributed by atoms with van der Waals surface area (Å²) in [5.74, 6) is 0.797. The molecule has 0 atom stereocenters. The Labute approximate surface area is 146 Å². The highest BCUT2D eigenvalue weighted by Gasteiger charge is 2.23. The zero-order valence-corrected chi connectivity index (χ0v) is 14.8. The van der Waals surface area contributed by atoms with Gasteiger partial charge in [0, 0.05) is 17.1 Å². The van der Waals surface area contributed by atoms with Crippen LogP contribution >= 0.6 is 0 Å². The molecule has 0 amide bonds. The van der Waals surface area contributed by atoms with Crippen molar-refractivity contribution in [1.82, 2.24) is 0 Å². The fourth-order valence-corrected chi connectivity index (χ4v) is 3.52. The first-order valence-corrected chi connectivity index (χ1v) is 8.61. The van der Waals surface area contributed by atoms with Gasteiger partial charge in [0.2, 0.25) is 0 Å². The molecule has 128 valence electrons. The molecule has 0 saturated carbocycles. The van der Waals surface area contributed by atoms with E-state index in [-0.39, 0.29) is 5.63 Å². The topological polar surface area (TPSA) is 42.7 Å². The fraction of sp³-hybridized carbons (Fsp3) is 0.286. The van der Waals surface area contributed by atoms with Crippen molar-refractivity contribution >= 4 is 16.7 Å². The van der Waals surface area contributed by atoms with E-state index in [4.69, 9.17) is 9.15 Å². The molecular formula is C21H21NO3. The summed E-state index contributed by atoms with van der Waals surface area (Å²) >= 11 is 0. The molecule has 1 aliphatic rings. The number of hydrogen-bond donors (Lipinski definition) is 0. The van der Waals surface area contributed by atoms with Gasteiger partial charge in [0.15, 0.2) is 6.73 Å². The van der Waals surface area contributed by atoms with Crippen molar-refractivity contribution < 1.29 is 9.15 Å². The smallest absolute Gasteiger partial charge is 0.336 e. The van der Waals surface area contributed by atoms with Crippen LogP contribution in [0.2, 0.25) is 0 Å². The fourth-order valence-electron chi connectivity index (χ4n) is 3.52. The van der Waals surface area contributed by atoms with E-state index < -0.39 is 0 Å². The zero-order chi connectivity index (χ0) is 17.6. The molecule has 0 fully saturated rings. The van der Waals surface area contributed by atoms with Crippen LogP contribution in [0.4, 0.5) is 5.69 Å². The van der Waals surface area contributed by atoms with Crippen LogP contribution in [0.5, 0.6) is 5.75 Å². The maximum absolute atomic E-state index is 12.0. The molecular weight excluding hydrogens is 314 g/mol. The summed E-state index contributed by atoms with van der Waals surface area (Å²) in [5.41, 5.74) is 5.94. The largest absolute Gasteiger partial charge is 0.473 e. The third-order valence-corrected chi connectivity index (χ3v) is 5.08. The van der Waals surface area contributed by atoms with Crippen molar-refractivity contribution in [2.45, 2.75) is 33.7 Å². The van der Waals surface area contributed by atoms with Gasteiger partial charge < -0.3 is 14.1 Å². The number of aryl methyl sites for hydroxylation is 2. The Hall–Kier alpha value is -2.75. The summed E-state index contributed by atoms with van der Waals surface area (Å²) in [6.45, 7) is 7.43. The van der Waals surface area contributed by atoms with Crippen LogP contribution in [-0.2, 0) is 13.0 Å². The van der Waals surface area contributed by atoms with Gasteiger partial charge in [-0.2, -0.15) is 0 Å². The Morgan fingerprint density at radius 2 is 2.00 bits per heavy atom. The van der Waals surface area contributed by atoms with Gasteiger partial charge in [0.1, 0.15) is 11.3 Å². The third kappa shape index (κ3) is 2.58.